The highest BCUT2D eigenvalue weighted by atomic mass is 32.1. The zero-order valence-corrected chi connectivity index (χ0v) is 10.4. The van der Waals surface area contributed by atoms with Crippen LogP contribution in [-0.4, -0.2) is 4.98 Å². The number of aromatic nitrogens is 1. The van der Waals surface area contributed by atoms with Crippen molar-refractivity contribution in [1.82, 2.24) is 4.98 Å². The second kappa shape index (κ2) is 3.57. The SMILES string of the molecule is Cc1csc(-c2nc3ccccc3s2)c1N. The lowest BCUT2D eigenvalue weighted by Crippen LogP contribution is -1.86. The number of hydrogen-bond donors (Lipinski definition) is 1. The first-order valence-electron chi connectivity index (χ1n) is 4.95. The summed E-state index contributed by atoms with van der Waals surface area (Å²) in [5.74, 6) is 0. The van der Waals surface area contributed by atoms with Crippen LogP contribution in [0.1, 0.15) is 5.56 Å². The molecule has 2 nitrogen and oxygen atoms in total. The Morgan fingerprint density at radius 2 is 2.06 bits per heavy atom. The summed E-state index contributed by atoms with van der Waals surface area (Å²) < 4.78 is 1.21. The highest BCUT2D eigenvalue weighted by Gasteiger charge is 2.12. The molecule has 0 radical (unpaired) electrons. The standard InChI is InChI=1S/C12H10N2S2/c1-7-6-15-11(10(7)13)12-14-8-4-2-3-5-9(8)16-12/h2-6H,13H2,1H3. The van der Waals surface area contributed by atoms with Crippen LogP contribution in [-0.2, 0) is 0 Å². The molecule has 0 saturated carbocycles. The van der Waals surface area contributed by atoms with E-state index in [4.69, 9.17) is 5.73 Å². The summed E-state index contributed by atoms with van der Waals surface area (Å²) >= 11 is 3.36. The van der Waals surface area contributed by atoms with E-state index in [-0.39, 0.29) is 0 Å². The van der Waals surface area contributed by atoms with E-state index in [9.17, 15) is 0 Å². The van der Waals surface area contributed by atoms with E-state index < -0.39 is 0 Å². The Bertz CT molecular complexity index is 619. The van der Waals surface area contributed by atoms with Crippen molar-refractivity contribution >= 4 is 38.6 Å². The molecule has 0 amide bonds. The van der Waals surface area contributed by atoms with Gasteiger partial charge in [-0.2, -0.15) is 0 Å². The number of benzene rings is 1. The summed E-state index contributed by atoms with van der Waals surface area (Å²) in [5.41, 5.74) is 9.09. The zero-order valence-electron chi connectivity index (χ0n) is 8.73. The number of rotatable bonds is 1. The second-order valence-corrected chi connectivity index (χ2v) is 5.56. The normalized spacial score (nSPS) is 11.1. The van der Waals surface area contributed by atoms with Crippen molar-refractivity contribution in [2.45, 2.75) is 6.92 Å². The fraction of sp³-hybridized carbons (Fsp3) is 0.0833. The van der Waals surface area contributed by atoms with Gasteiger partial charge < -0.3 is 5.73 Å². The first-order chi connectivity index (χ1) is 7.75. The maximum Gasteiger partial charge on any atom is 0.136 e. The topological polar surface area (TPSA) is 38.9 Å². The van der Waals surface area contributed by atoms with Crippen molar-refractivity contribution in [2.24, 2.45) is 0 Å². The van der Waals surface area contributed by atoms with Gasteiger partial charge in [0.1, 0.15) is 5.01 Å². The van der Waals surface area contributed by atoms with Gasteiger partial charge in [0.25, 0.3) is 0 Å². The van der Waals surface area contributed by atoms with Gasteiger partial charge >= 0.3 is 0 Å². The van der Waals surface area contributed by atoms with Crippen LogP contribution in [0.2, 0.25) is 0 Å². The molecule has 0 fully saturated rings. The minimum atomic E-state index is 0.865. The Balaban J connectivity index is 2.23. The largest absolute Gasteiger partial charge is 0.397 e. The predicted molar refractivity (Wildman–Crippen MR) is 72.1 cm³/mol. The Morgan fingerprint density at radius 3 is 2.75 bits per heavy atom. The number of nitrogen functional groups attached to an aromatic ring is 1. The number of thiophene rings is 1. The van der Waals surface area contributed by atoms with Gasteiger partial charge in [0.15, 0.2) is 0 Å². The highest BCUT2D eigenvalue weighted by molar-refractivity contribution is 7.25. The molecule has 0 aliphatic heterocycles. The van der Waals surface area contributed by atoms with Crippen LogP contribution in [0.4, 0.5) is 5.69 Å². The van der Waals surface area contributed by atoms with Crippen molar-refractivity contribution in [1.29, 1.82) is 0 Å². The lowest BCUT2D eigenvalue weighted by molar-refractivity contribution is 1.49. The Morgan fingerprint density at radius 1 is 1.25 bits per heavy atom. The Hall–Kier alpha value is -1.39. The Kier molecular flexibility index (Phi) is 2.19. The van der Waals surface area contributed by atoms with E-state index in [2.05, 4.69) is 16.4 Å². The van der Waals surface area contributed by atoms with Crippen LogP contribution < -0.4 is 5.73 Å². The van der Waals surface area contributed by atoms with E-state index in [1.807, 2.05) is 25.1 Å². The van der Waals surface area contributed by atoms with E-state index in [0.29, 0.717) is 0 Å². The molecular formula is C12H10N2S2. The van der Waals surface area contributed by atoms with Gasteiger partial charge in [-0.15, -0.1) is 22.7 Å². The number of thiazole rings is 1. The van der Waals surface area contributed by atoms with Crippen molar-refractivity contribution in [3.05, 3.63) is 35.2 Å². The summed E-state index contributed by atoms with van der Waals surface area (Å²) in [6.45, 7) is 2.03. The van der Waals surface area contributed by atoms with Crippen LogP contribution in [0.25, 0.3) is 20.1 Å². The zero-order chi connectivity index (χ0) is 11.1. The molecule has 0 spiro atoms. The van der Waals surface area contributed by atoms with E-state index in [1.54, 1.807) is 22.7 Å². The number of nitrogens with zero attached hydrogens (tertiary/aromatic N) is 1. The van der Waals surface area contributed by atoms with Gasteiger partial charge in [-0.05, 0) is 30.0 Å². The summed E-state index contributed by atoms with van der Waals surface area (Å²) in [7, 11) is 0. The van der Waals surface area contributed by atoms with Crippen molar-refractivity contribution in [2.75, 3.05) is 5.73 Å². The van der Waals surface area contributed by atoms with Crippen molar-refractivity contribution < 1.29 is 0 Å². The number of fused-ring (bicyclic) bond motifs is 1. The number of aryl methyl sites for hydroxylation is 1. The van der Waals surface area contributed by atoms with Gasteiger partial charge in [0, 0.05) is 0 Å². The molecule has 1 aromatic carbocycles. The number of nitrogens with two attached hydrogens (primary N) is 1. The number of hydrogen-bond acceptors (Lipinski definition) is 4. The molecule has 16 heavy (non-hydrogen) atoms. The molecule has 2 heterocycles. The number of para-hydroxylation sites is 1. The predicted octanol–water partition coefficient (Wildman–Crippen LogP) is 3.92. The third-order valence-electron chi connectivity index (χ3n) is 2.51. The summed E-state index contributed by atoms with van der Waals surface area (Å²) in [6, 6.07) is 8.17. The summed E-state index contributed by atoms with van der Waals surface area (Å²) in [5, 5.41) is 3.10. The molecule has 0 unspecified atom stereocenters. The summed E-state index contributed by atoms with van der Waals surface area (Å²) in [4.78, 5) is 5.70. The number of anilines is 1. The van der Waals surface area contributed by atoms with Gasteiger partial charge in [-0.25, -0.2) is 4.98 Å². The third kappa shape index (κ3) is 1.42. The van der Waals surface area contributed by atoms with Gasteiger partial charge in [0.2, 0.25) is 0 Å². The minimum absolute atomic E-state index is 0.865. The maximum atomic E-state index is 6.03. The molecule has 80 valence electrons. The lowest BCUT2D eigenvalue weighted by atomic mass is 10.3. The van der Waals surface area contributed by atoms with E-state index >= 15 is 0 Å². The van der Waals surface area contributed by atoms with Crippen molar-refractivity contribution in [3.8, 4) is 9.88 Å². The van der Waals surface area contributed by atoms with Crippen LogP contribution in [0.3, 0.4) is 0 Å². The fourth-order valence-corrected chi connectivity index (χ4v) is 3.63. The monoisotopic (exact) mass is 246 g/mol. The van der Waals surface area contributed by atoms with Gasteiger partial charge in [-0.3, -0.25) is 0 Å². The molecule has 2 N–H and O–H groups in total. The average Bonchev–Trinajstić information content (AvgIpc) is 2.84. The molecule has 3 aromatic rings. The van der Waals surface area contributed by atoms with Crippen LogP contribution in [0.5, 0.6) is 0 Å². The Labute approximate surface area is 101 Å². The first kappa shape index (κ1) is 9.81. The molecule has 4 heteroatoms. The van der Waals surface area contributed by atoms with E-state index in [0.717, 1.165) is 26.7 Å². The second-order valence-electron chi connectivity index (χ2n) is 3.65. The quantitative estimate of drug-likeness (QED) is 0.707. The molecule has 0 aliphatic carbocycles. The van der Waals surface area contributed by atoms with Crippen LogP contribution in [0.15, 0.2) is 29.6 Å². The molecule has 0 aliphatic rings. The molecule has 0 atom stereocenters. The van der Waals surface area contributed by atoms with Crippen molar-refractivity contribution in [3.63, 3.8) is 0 Å². The fourth-order valence-electron chi connectivity index (χ4n) is 1.59. The van der Waals surface area contributed by atoms with Crippen LogP contribution >= 0.6 is 22.7 Å². The third-order valence-corrected chi connectivity index (χ3v) is 4.81. The first-order valence-corrected chi connectivity index (χ1v) is 6.65. The van der Waals surface area contributed by atoms with Crippen LogP contribution in [0, 0.1) is 6.92 Å². The highest BCUT2D eigenvalue weighted by Crippen LogP contribution is 2.38. The van der Waals surface area contributed by atoms with Gasteiger partial charge in [-0.1, -0.05) is 12.1 Å². The maximum absolute atomic E-state index is 6.03. The molecule has 0 bridgehead atoms. The summed E-state index contributed by atoms with van der Waals surface area (Å²) in [6.07, 6.45) is 0. The average molecular weight is 246 g/mol. The molecule has 3 rings (SSSR count). The van der Waals surface area contributed by atoms with E-state index in [1.165, 1.54) is 4.70 Å². The smallest absolute Gasteiger partial charge is 0.136 e. The minimum Gasteiger partial charge on any atom is -0.397 e. The molecular weight excluding hydrogens is 236 g/mol. The molecule has 2 aromatic heterocycles. The lowest BCUT2D eigenvalue weighted by Gasteiger charge is -1.93. The van der Waals surface area contributed by atoms with Gasteiger partial charge in [0.05, 0.1) is 20.8 Å². The molecule has 0 saturated heterocycles.